The second-order valence-electron chi connectivity index (χ2n) is 4.43. The van der Waals surface area contributed by atoms with Gasteiger partial charge in [-0.15, -0.1) is 0 Å². The minimum atomic E-state index is -0.566. The van der Waals surface area contributed by atoms with Crippen LogP contribution in [0.4, 0.5) is 0 Å². The van der Waals surface area contributed by atoms with E-state index in [0.717, 1.165) is 5.56 Å². The summed E-state index contributed by atoms with van der Waals surface area (Å²) in [7, 11) is 0. The van der Waals surface area contributed by atoms with Gasteiger partial charge in [0.2, 0.25) is 0 Å². The van der Waals surface area contributed by atoms with E-state index < -0.39 is 5.54 Å². The van der Waals surface area contributed by atoms with Crippen LogP contribution in [0.25, 0.3) is 0 Å². The first kappa shape index (κ1) is 13.7. The predicted molar refractivity (Wildman–Crippen MR) is 67.6 cm³/mol. The predicted octanol–water partition coefficient (Wildman–Crippen LogP) is 1.04. The number of amides is 1. The third-order valence-corrected chi connectivity index (χ3v) is 3.00. The van der Waals surface area contributed by atoms with E-state index in [9.17, 15) is 9.90 Å². The Balaban J connectivity index is 2.75. The number of hydrogen-bond donors (Lipinski definition) is 3. The number of aliphatic hydroxyl groups is 1. The summed E-state index contributed by atoms with van der Waals surface area (Å²) in [6.07, 6.45) is 0.677. The van der Waals surface area contributed by atoms with Crippen molar-refractivity contribution in [3.63, 3.8) is 0 Å². The van der Waals surface area contributed by atoms with Crippen LogP contribution in [0.2, 0.25) is 0 Å². The van der Waals surface area contributed by atoms with E-state index >= 15 is 0 Å². The molecular weight excluding hydrogens is 216 g/mol. The SMILES string of the molecule is CCC(C)(CO)NC(=O)c1ccc(CN)cc1. The molecule has 1 aromatic carbocycles. The number of nitrogens with one attached hydrogen (secondary N) is 1. The largest absolute Gasteiger partial charge is 0.394 e. The minimum absolute atomic E-state index is 0.0733. The zero-order chi connectivity index (χ0) is 12.9. The van der Waals surface area contributed by atoms with Crippen LogP contribution in [0, 0.1) is 0 Å². The third kappa shape index (κ3) is 3.54. The molecule has 0 saturated heterocycles. The van der Waals surface area contributed by atoms with Crippen molar-refractivity contribution in [3.8, 4) is 0 Å². The van der Waals surface area contributed by atoms with Crippen molar-refractivity contribution in [3.05, 3.63) is 35.4 Å². The number of carbonyl (C=O) groups is 1. The normalized spacial score (nSPS) is 14.1. The van der Waals surface area contributed by atoms with E-state index in [4.69, 9.17) is 5.73 Å². The molecule has 94 valence electrons. The Bertz CT molecular complexity index is 370. The third-order valence-electron chi connectivity index (χ3n) is 3.00. The Morgan fingerprint density at radius 2 is 2.00 bits per heavy atom. The van der Waals surface area contributed by atoms with Crippen LogP contribution < -0.4 is 11.1 Å². The lowest BCUT2D eigenvalue weighted by Gasteiger charge is -2.27. The Labute approximate surface area is 102 Å². The van der Waals surface area contributed by atoms with E-state index in [0.29, 0.717) is 18.5 Å². The van der Waals surface area contributed by atoms with Gasteiger partial charge in [-0.1, -0.05) is 19.1 Å². The molecule has 0 fully saturated rings. The summed E-state index contributed by atoms with van der Waals surface area (Å²) in [5, 5.41) is 12.1. The smallest absolute Gasteiger partial charge is 0.251 e. The van der Waals surface area contributed by atoms with Gasteiger partial charge in [-0.25, -0.2) is 0 Å². The van der Waals surface area contributed by atoms with Gasteiger partial charge < -0.3 is 16.2 Å². The first-order valence-corrected chi connectivity index (χ1v) is 5.77. The summed E-state index contributed by atoms with van der Waals surface area (Å²) in [5.41, 5.74) is 6.49. The standard InChI is InChI=1S/C13H20N2O2/c1-3-13(2,9-16)15-12(17)11-6-4-10(8-14)5-7-11/h4-7,16H,3,8-9,14H2,1-2H3,(H,15,17). The first-order chi connectivity index (χ1) is 8.04. The van der Waals surface area contributed by atoms with Crippen molar-refractivity contribution in [2.75, 3.05) is 6.61 Å². The number of rotatable bonds is 5. The number of aliphatic hydroxyl groups excluding tert-OH is 1. The van der Waals surface area contributed by atoms with Gasteiger partial charge in [-0.2, -0.15) is 0 Å². The fourth-order valence-electron chi connectivity index (χ4n) is 1.38. The topological polar surface area (TPSA) is 75.3 Å². The molecule has 0 aromatic heterocycles. The molecule has 0 heterocycles. The Morgan fingerprint density at radius 1 is 1.41 bits per heavy atom. The molecule has 1 aromatic rings. The number of nitrogens with two attached hydrogens (primary N) is 1. The van der Waals surface area contributed by atoms with Gasteiger partial charge in [-0.05, 0) is 31.0 Å². The second-order valence-corrected chi connectivity index (χ2v) is 4.43. The molecule has 0 aliphatic carbocycles. The van der Waals surface area contributed by atoms with Crippen LogP contribution in [0.3, 0.4) is 0 Å². The van der Waals surface area contributed by atoms with Crippen molar-refractivity contribution in [2.24, 2.45) is 5.73 Å². The van der Waals surface area contributed by atoms with Crippen molar-refractivity contribution in [2.45, 2.75) is 32.4 Å². The van der Waals surface area contributed by atoms with Gasteiger partial charge in [0.1, 0.15) is 0 Å². The molecule has 4 nitrogen and oxygen atoms in total. The van der Waals surface area contributed by atoms with E-state index in [2.05, 4.69) is 5.32 Å². The molecule has 1 rings (SSSR count). The van der Waals surface area contributed by atoms with Crippen molar-refractivity contribution < 1.29 is 9.90 Å². The maximum Gasteiger partial charge on any atom is 0.251 e. The molecule has 1 atom stereocenters. The fourth-order valence-corrected chi connectivity index (χ4v) is 1.38. The van der Waals surface area contributed by atoms with Crippen LogP contribution in [-0.4, -0.2) is 23.2 Å². The average molecular weight is 236 g/mol. The molecule has 0 bridgehead atoms. The summed E-state index contributed by atoms with van der Waals surface area (Å²) < 4.78 is 0. The molecule has 0 saturated carbocycles. The van der Waals surface area contributed by atoms with Crippen molar-refractivity contribution in [1.82, 2.24) is 5.32 Å². The number of carbonyl (C=O) groups excluding carboxylic acids is 1. The van der Waals surface area contributed by atoms with E-state index in [1.807, 2.05) is 26.0 Å². The molecule has 4 N–H and O–H groups in total. The van der Waals surface area contributed by atoms with Crippen LogP contribution in [-0.2, 0) is 6.54 Å². The quantitative estimate of drug-likeness (QED) is 0.715. The molecule has 0 aliphatic heterocycles. The van der Waals surface area contributed by atoms with E-state index in [1.54, 1.807) is 12.1 Å². The van der Waals surface area contributed by atoms with Crippen LogP contribution in [0.15, 0.2) is 24.3 Å². The number of hydrogen-bond acceptors (Lipinski definition) is 3. The molecule has 1 amide bonds. The lowest BCUT2D eigenvalue weighted by Crippen LogP contribution is -2.48. The van der Waals surface area contributed by atoms with E-state index in [-0.39, 0.29) is 12.5 Å². The van der Waals surface area contributed by atoms with Gasteiger partial charge in [0.05, 0.1) is 12.1 Å². The zero-order valence-electron chi connectivity index (χ0n) is 10.4. The summed E-state index contributed by atoms with van der Waals surface area (Å²) in [6.45, 7) is 4.13. The highest BCUT2D eigenvalue weighted by Gasteiger charge is 2.23. The maximum atomic E-state index is 11.9. The first-order valence-electron chi connectivity index (χ1n) is 5.77. The van der Waals surface area contributed by atoms with Crippen LogP contribution >= 0.6 is 0 Å². The highest BCUT2D eigenvalue weighted by Crippen LogP contribution is 2.10. The summed E-state index contributed by atoms with van der Waals surface area (Å²) >= 11 is 0. The summed E-state index contributed by atoms with van der Waals surface area (Å²) in [5.74, 6) is -0.174. The van der Waals surface area contributed by atoms with Gasteiger partial charge in [0, 0.05) is 12.1 Å². The molecular formula is C13H20N2O2. The number of benzene rings is 1. The maximum absolute atomic E-state index is 11.9. The van der Waals surface area contributed by atoms with Gasteiger partial charge >= 0.3 is 0 Å². The second kappa shape index (κ2) is 5.80. The van der Waals surface area contributed by atoms with Crippen LogP contribution in [0.1, 0.15) is 36.2 Å². The lowest BCUT2D eigenvalue weighted by molar-refractivity contribution is 0.0847. The fraction of sp³-hybridized carbons (Fsp3) is 0.462. The molecule has 17 heavy (non-hydrogen) atoms. The van der Waals surface area contributed by atoms with Gasteiger partial charge in [0.15, 0.2) is 0 Å². The van der Waals surface area contributed by atoms with Crippen molar-refractivity contribution in [1.29, 1.82) is 0 Å². The van der Waals surface area contributed by atoms with E-state index in [1.165, 1.54) is 0 Å². The minimum Gasteiger partial charge on any atom is -0.394 e. The summed E-state index contributed by atoms with van der Waals surface area (Å²) in [4.78, 5) is 11.9. The molecule has 0 radical (unpaired) electrons. The summed E-state index contributed by atoms with van der Waals surface area (Å²) in [6, 6.07) is 7.14. The molecule has 0 spiro atoms. The van der Waals surface area contributed by atoms with Gasteiger partial charge in [-0.3, -0.25) is 4.79 Å². The Morgan fingerprint density at radius 3 is 2.41 bits per heavy atom. The average Bonchev–Trinajstić information content (AvgIpc) is 2.38. The Hall–Kier alpha value is -1.39. The van der Waals surface area contributed by atoms with Gasteiger partial charge in [0.25, 0.3) is 5.91 Å². The van der Waals surface area contributed by atoms with Crippen LogP contribution in [0.5, 0.6) is 0 Å². The molecule has 4 heteroatoms. The monoisotopic (exact) mass is 236 g/mol. The highest BCUT2D eigenvalue weighted by molar-refractivity contribution is 5.94. The lowest BCUT2D eigenvalue weighted by atomic mass is 9.99. The molecule has 0 aliphatic rings. The highest BCUT2D eigenvalue weighted by atomic mass is 16.3. The van der Waals surface area contributed by atoms with Crippen molar-refractivity contribution >= 4 is 5.91 Å². The molecule has 1 unspecified atom stereocenters. The Kier molecular flexibility index (Phi) is 4.66. The zero-order valence-corrected chi connectivity index (χ0v) is 10.4.